The van der Waals surface area contributed by atoms with E-state index in [1.165, 1.54) is 50.0 Å². The summed E-state index contributed by atoms with van der Waals surface area (Å²) in [6.07, 6.45) is -3.90. The lowest BCUT2D eigenvalue weighted by Gasteiger charge is -2.28. The molecule has 2 N–H and O–H groups in total. The standard InChI is InChI=1S/C41H35F4N6O12P/c1-23-30(16-28(19-46-23)33-13-15-37-48-36(47-25(3)52)20-50(37)49-33)38(53)51(24(2)31-18-29(11-12-32(31)42)62-41(43,44)45)40(55)60-22-59-39(54)27-10-14-34(35(17-27)58-4)63-64(56,57)61-21-26-8-6-5-7-9-26/h5-20,24H,21-22H2,1-4H3,(H,47,52)(H,56,57)/t24-/m1/s1. The molecule has 64 heavy (non-hydrogen) atoms. The molecule has 3 aromatic carbocycles. The highest BCUT2D eigenvalue weighted by Crippen LogP contribution is 2.47. The first kappa shape index (κ1) is 46.1. The van der Waals surface area contributed by atoms with Crippen LogP contribution in [0.3, 0.4) is 0 Å². The molecule has 0 spiro atoms. The number of aryl methyl sites for hydroxylation is 1. The number of benzene rings is 3. The number of esters is 1. The summed E-state index contributed by atoms with van der Waals surface area (Å²) in [6, 6.07) is 16.5. The summed E-state index contributed by atoms with van der Waals surface area (Å²) >= 11 is 0. The lowest BCUT2D eigenvalue weighted by Crippen LogP contribution is -2.40. The minimum absolute atomic E-state index is 0.0538. The van der Waals surface area contributed by atoms with E-state index in [0.29, 0.717) is 34.3 Å². The van der Waals surface area contributed by atoms with Crippen LogP contribution in [0.25, 0.3) is 16.9 Å². The molecule has 334 valence electrons. The van der Waals surface area contributed by atoms with Gasteiger partial charge >= 0.3 is 26.2 Å². The molecule has 0 aliphatic carbocycles. The molecule has 0 fully saturated rings. The Morgan fingerprint density at radius 2 is 1.72 bits per heavy atom. The number of carbonyl (C=O) groups is 4. The highest BCUT2D eigenvalue weighted by atomic mass is 31.2. The summed E-state index contributed by atoms with van der Waals surface area (Å²) in [5.41, 5.74) is 0.407. The van der Waals surface area contributed by atoms with Crippen molar-refractivity contribution in [3.63, 3.8) is 0 Å². The number of ether oxygens (including phenoxy) is 4. The van der Waals surface area contributed by atoms with E-state index in [4.69, 9.17) is 23.3 Å². The fourth-order valence-electron chi connectivity index (χ4n) is 5.93. The predicted molar refractivity (Wildman–Crippen MR) is 214 cm³/mol. The number of aromatic nitrogens is 4. The van der Waals surface area contributed by atoms with E-state index in [1.807, 2.05) is 0 Å². The smallest absolute Gasteiger partial charge is 0.493 e. The summed E-state index contributed by atoms with van der Waals surface area (Å²) in [7, 11) is -3.52. The second-order valence-electron chi connectivity index (χ2n) is 13.4. The monoisotopic (exact) mass is 910 g/mol. The molecule has 18 nitrogen and oxygen atoms in total. The number of alkyl halides is 3. The average molecular weight is 911 g/mol. The van der Waals surface area contributed by atoms with Crippen LogP contribution in [0.4, 0.5) is 28.2 Å². The van der Waals surface area contributed by atoms with Crippen molar-refractivity contribution in [3.8, 4) is 28.5 Å². The van der Waals surface area contributed by atoms with Crippen LogP contribution in [0.1, 0.15) is 57.4 Å². The summed E-state index contributed by atoms with van der Waals surface area (Å²) in [5, 5.41) is 6.98. The number of carbonyl (C=O) groups excluding carboxylic acids is 4. The van der Waals surface area contributed by atoms with E-state index in [0.717, 1.165) is 25.1 Å². The molecule has 6 aromatic rings. The Morgan fingerprint density at radius 1 is 0.969 bits per heavy atom. The lowest BCUT2D eigenvalue weighted by molar-refractivity contribution is -0.274. The Balaban J connectivity index is 1.23. The van der Waals surface area contributed by atoms with Crippen LogP contribution in [0.5, 0.6) is 17.2 Å². The van der Waals surface area contributed by atoms with E-state index < -0.39 is 62.1 Å². The van der Waals surface area contributed by atoms with Gasteiger partial charge in [0.15, 0.2) is 23.0 Å². The zero-order valence-corrected chi connectivity index (χ0v) is 34.8. The fourth-order valence-corrected chi connectivity index (χ4v) is 6.69. The Kier molecular flexibility index (Phi) is 13.9. The molecule has 3 amide bonds. The van der Waals surface area contributed by atoms with Crippen molar-refractivity contribution in [3.05, 3.63) is 131 Å². The zero-order valence-electron chi connectivity index (χ0n) is 33.9. The minimum Gasteiger partial charge on any atom is -0.493 e. The topological polar surface area (TPSA) is 219 Å². The van der Waals surface area contributed by atoms with Gasteiger partial charge in [-0.05, 0) is 74.0 Å². The van der Waals surface area contributed by atoms with Crippen molar-refractivity contribution in [2.24, 2.45) is 0 Å². The number of methoxy groups -OCH3 is 1. The predicted octanol–water partition coefficient (Wildman–Crippen LogP) is 7.95. The van der Waals surface area contributed by atoms with Gasteiger partial charge in [-0.15, -0.1) is 13.2 Å². The normalized spacial score (nSPS) is 12.7. The van der Waals surface area contributed by atoms with Gasteiger partial charge in [-0.25, -0.2) is 32.9 Å². The molecule has 0 aliphatic heterocycles. The third-order valence-electron chi connectivity index (χ3n) is 8.91. The lowest BCUT2D eigenvalue weighted by atomic mass is 10.0. The molecule has 0 saturated carbocycles. The quantitative estimate of drug-likeness (QED) is 0.0432. The number of imide groups is 1. The van der Waals surface area contributed by atoms with E-state index in [9.17, 15) is 41.8 Å². The second-order valence-corrected chi connectivity index (χ2v) is 14.8. The molecular weight excluding hydrogens is 875 g/mol. The van der Waals surface area contributed by atoms with E-state index >= 15 is 4.39 Å². The van der Waals surface area contributed by atoms with Gasteiger partial charge in [0.1, 0.15) is 11.6 Å². The van der Waals surface area contributed by atoms with Gasteiger partial charge in [-0.1, -0.05) is 30.3 Å². The summed E-state index contributed by atoms with van der Waals surface area (Å²) < 4.78 is 98.3. The number of fused-ring (bicyclic) bond motifs is 1. The van der Waals surface area contributed by atoms with Gasteiger partial charge < -0.3 is 28.8 Å². The number of phosphoric acid groups is 1. The highest BCUT2D eigenvalue weighted by molar-refractivity contribution is 7.47. The molecule has 0 bridgehead atoms. The van der Waals surface area contributed by atoms with Crippen molar-refractivity contribution >= 4 is 43.2 Å². The average Bonchev–Trinajstić information content (AvgIpc) is 3.64. The molecule has 3 heterocycles. The Bertz CT molecular complexity index is 2770. The number of rotatable bonds is 15. The summed E-state index contributed by atoms with van der Waals surface area (Å²) in [5.74, 6) is -4.92. The van der Waals surface area contributed by atoms with E-state index in [1.54, 1.807) is 36.4 Å². The number of imidazole rings is 1. The number of hydrogen-bond donors (Lipinski definition) is 2. The van der Waals surface area contributed by atoms with Crippen LogP contribution in [-0.4, -0.2) is 73.5 Å². The SMILES string of the molecule is COc1cc(C(=O)OCOC(=O)N(C(=O)c2cc(-c3ccc4nc(NC(C)=O)cn4n3)cnc2C)[C@H](C)c2cc(OC(F)(F)F)ccc2F)ccc1OP(=O)(O)OCc1ccccc1. The van der Waals surface area contributed by atoms with Crippen LogP contribution in [0, 0.1) is 12.7 Å². The van der Waals surface area contributed by atoms with Gasteiger partial charge in [0, 0.05) is 24.2 Å². The maximum Gasteiger partial charge on any atom is 0.573 e. The molecule has 6 rings (SSSR count). The Hall–Kier alpha value is -7.42. The summed E-state index contributed by atoms with van der Waals surface area (Å²) in [6.45, 7) is 2.43. The highest BCUT2D eigenvalue weighted by Gasteiger charge is 2.36. The van der Waals surface area contributed by atoms with Crippen LogP contribution >= 0.6 is 7.82 Å². The van der Waals surface area contributed by atoms with Crippen molar-refractivity contribution < 1.29 is 74.2 Å². The van der Waals surface area contributed by atoms with Crippen molar-refractivity contribution in [1.82, 2.24) is 24.5 Å². The molecule has 23 heteroatoms. The third-order valence-corrected chi connectivity index (χ3v) is 9.80. The van der Waals surface area contributed by atoms with Crippen molar-refractivity contribution in [2.45, 2.75) is 39.8 Å². The number of nitrogens with one attached hydrogen (secondary N) is 1. The molecule has 1 unspecified atom stereocenters. The van der Waals surface area contributed by atoms with Crippen LogP contribution < -0.4 is 19.3 Å². The van der Waals surface area contributed by atoms with Gasteiger partial charge in [-0.2, -0.15) is 5.10 Å². The molecular formula is C41H35F4N6O12P. The third kappa shape index (κ3) is 11.5. The maximum atomic E-state index is 15.3. The Morgan fingerprint density at radius 3 is 2.42 bits per heavy atom. The largest absolute Gasteiger partial charge is 0.573 e. The molecule has 0 aliphatic rings. The van der Waals surface area contributed by atoms with Gasteiger partial charge in [0.2, 0.25) is 12.7 Å². The number of amides is 3. The molecule has 2 atom stereocenters. The van der Waals surface area contributed by atoms with Crippen LogP contribution in [-0.2, 0) is 30.0 Å². The van der Waals surface area contributed by atoms with Gasteiger partial charge in [0.05, 0.1) is 48.5 Å². The number of nitrogens with zero attached hydrogens (tertiary/aromatic N) is 5. The molecule has 0 radical (unpaired) electrons. The zero-order chi connectivity index (χ0) is 46.3. The number of anilines is 1. The number of hydrogen-bond acceptors (Lipinski definition) is 14. The van der Waals surface area contributed by atoms with E-state index in [-0.39, 0.29) is 57.9 Å². The molecule has 3 aromatic heterocycles. The number of pyridine rings is 1. The Labute approximate surface area is 359 Å². The van der Waals surface area contributed by atoms with Crippen molar-refractivity contribution in [2.75, 3.05) is 19.2 Å². The number of phosphoric ester groups is 1. The van der Waals surface area contributed by atoms with E-state index in [2.05, 4.69) is 25.1 Å². The first-order valence-electron chi connectivity index (χ1n) is 18.5. The maximum absolute atomic E-state index is 15.3. The summed E-state index contributed by atoms with van der Waals surface area (Å²) in [4.78, 5) is 71.9. The van der Waals surface area contributed by atoms with Gasteiger partial charge in [0.25, 0.3) is 5.91 Å². The minimum atomic E-state index is -5.17. The molecule has 0 saturated heterocycles. The second kappa shape index (κ2) is 19.3. The fraction of sp³-hybridized carbons (Fsp3) is 0.195. The van der Waals surface area contributed by atoms with Crippen LogP contribution in [0.2, 0.25) is 0 Å². The first-order valence-corrected chi connectivity index (χ1v) is 20.0. The van der Waals surface area contributed by atoms with Gasteiger partial charge in [-0.3, -0.25) is 24.0 Å². The van der Waals surface area contributed by atoms with Crippen molar-refractivity contribution in [1.29, 1.82) is 0 Å². The number of halogens is 4. The van der Waals surface area contributed by atoms with Crippen LogP contribution in [0.15, 0.2) is 97.3 Å². The first-order chi connectivity index (χ1) is 30.3.